The third-order valence-corrected chi connectivity index (χ3v) is 2.20. The molecule has 0 aliphatic carbocycles. The molecule has 15 heavy (non-hydrogen) atoms. The van der Waals surface area contributed by atoms with Gasteiger partial charge in [-0.05, 0) is 13.3 Å². The lowest BCUT2D eigenvalue weighted by atomic mass is 10.2. The number of carbonyl (C=O) groups is 2. The van der Waals surface area contributed by atoms with Crippen LogP contribution < -0.4 is 10.6 Å². The van der Waals surface area contributed by atoms with Crippen LogP contribution in [0.3, 0.4) is 0 Å². The fraction of sp³-hybridized carbons (Fsp3) is 0.625. The molecule has 0 rings (SSSR count). The van der Waals surface area contributed by atoms with E-state index in [1.54, 1.807) is 7.05 Å². The van der Waals surface area contributed by atoms with E-state index in [1.807, 2.05) is 6.26 Å². The first kappa shape index (κ1) is 13.8. The molecule has 0 saturated carbocycles. The van der Waals surface area contributed by atoms with Gasteiger partial charge < -0.3 is 16.2 Å². The van der Waals surface area contributed by atoms with Crippen LogP contribution >= 0.6 is 11.8 Å². The van der Waals surface area contributed by atoms with Crippen LogP contribution in [0.1, 0.15) is 0 Å². The molecular formula is C8H14N4O2S. The quantitative estimate of drug-likeness (QED) is 0.330. The van der Waals surface area contributed by atoms with Gasteiger partial charge in [0.15, 0.2) is 0 Å². The van der Waals surface area contributed by atoms with Crippen LogP contribution in [0, 0.1) is 0 Å². The summed E-state index contributed by atoms with van der Waals surface area (Å²) in [5.74, 6) is -0.243. The molecule has 2 N–H and O–H groups in total. The SMILES string of the molecule is CNCC(=O)NC(CSC)C(=O)C=[N+]=[N-]. The van der Waals surface area contributed by atoms with Crippen LogP contribution in [0.2, 0.25) is 0 Å². The van der Waals surface area contributed by atoms with Crippen molar-refractivity contribution in [3.8, 4) is 0 Å². The van der Waals surface area contributed by atoms with Crippen molar-refractivity contribution >= 4 is 29.7 Å². The maximum Gasteiger partial charge on any atom is 0.325 e. The van der Waals surface area contributed by atoms with Crippen molar-refractivity contribution < 1.29 is 14.4 Å². The lowest BCUT2D eigenvalue weighted by Gasteiger charge is -2.12. The third-order valence-electron chi connectivity index (χ3n) is 1.53. The van der Waals surface area contributed by atoms with Gasteiger partial charge in [-0.15, -0.1) is 0 Å². The Bertz CT molecular complexity index is 276. The third kappa shape index (κ3) is 6.01. The second-order valence-electron chi connectivity index (χ2n) is 2.75. The molecule has 0 aromatic rings. The number of nitrogens with zero attached hydrogens (tertiary/aromatic N) is 2. The van der Waals surface area contributed by atoms with Gasteiger partial charge in [-0.1, -0.05) is 0 Å². The van der Waals surface area contributed by atoms with Crippen LogP contribution in [0.5, 0.6) is 0 Å². The summed E-state index contributed by atoms with van der Waals surface area (Å²) in [7, 11) is 1.64. The van der Waals surface area contributed by atoms with Gasteiger partial charge in [-0.25, -0.2) is 0 Å². The second kappa shape index (κ2) is 8.16. The van der Waals surface area contributed by atoms with Gasteiger partial charge in [-0.3, -0.25) is 9.59 Å². The number of hydrogen-bond donors (Lipinski definition) is 2. The smallest absolute Gasteiger partial charge is 0.325 e. The van der Waals surface area contributed by atoms with Crippen molar-refractivity contribution in [1.82, 2.24) is 10.6 Å². The number of hydrogen-bond acceptors (Lipinski definition) is 4. The first-order valence-corrected chi connectivity index (χ1v) is 5.69. The first-order valence-electron chi connectivity index (χ1n) is 4.29. The molecule has 1 amide bonds. The normalized spacial score (nSPS) is 11.3. The minimum atomic E-state index is -0.642. The average molecular weight is 230 g/mol. The Labute approximate surface area is 92.4 Å². The highest BCUT2D eigenvalue weighted by molar-refractivity contribution is 7.98. The summed E-state index contributed by atoms with van der Waals surface area (Å²) in [5.41, 5.74) is 8.21. The van der Waals surface area contributed by atoms with E-state index in [4.69, 9.17) is 5.53 Å². The van der Waals surface area contributed by atoms with Gasteiger partial charge >= 0.3 is 6.21 Å². The van der Waals surface area contributed by atoms with E-state index >= 15 is 0 Å². The molecule has 0 heterocycles. The van der Waals surface area contributed by atoms with Crippen molar-refractivity contribution in [2.24, 2.45) is 0 Å². The highest BCUT2D eigenvalue weighted by atomic mass is 32.2. The molecule has 0 aromatic heterocycles. The number of thioether (sulfide) groups is 1. The number of ketones is 1. The Morgan fingerprint density at radius 1 is 1.60 bits per heavy atom. The van der Waals surface area contributed by atoms with E-state index in [9.17, 15) is 9.59 Å². The zero-order valence-corrected chi connectivity index (χ0v) is 9.50. The molecule has 84 valence electrons. The molecule has 0 aromatic carbocycles. The Morgan fingerprint density at radius 2 is 2.27 bits per heavy atom. The predicted octanol–water partition coefficient (Wildman–Crippen LogP) is -1.08. The summed E-state index contributed by atoms with van der Waals surface area (Å²) in [6, 6.07) is -0.642. The van der Waals surface area contributed by atoms with Gasteiger partial charge in [0.1, 0.15) is 6.04 Å². The van der Waals surface area contributed by atoms with Crippen molar-refractivity contribution in [2.75, 3.05) is 25.6 Å². The van der Waals surface area contributed by atoms with E-state index in [1.165, 1.54) is 11.8 Å². The summed E-state index contributed by atoms with van der Waals surface area (Å²) in [5, 5.41) is 5.20. The van der Waals surface area contributed by atoms with Crippen molar-refractivity contribution in [2.45, 2.75) is 6.04 Å². The van der Waals surface area contributed by atoms with Gasteiger partial charge in [0.2, 0.25) is 5.91 Å². The van der Waals surface area contributed by atoms with Gasteiger partial charge in [0.25, 0.3) is 5.78 Å². The molecule has 0 aliphatic heterocycles. The van der Waals surface area contributed by atoms with Crippen molar-refractivity contribution in [3.05, 3.63) is 5.53 Å². The number of Topliss-reactive ketones (excluding diaryl/α,β-unsaturated/α-hetero) is 1. The van der Waals surface area contributed by atoms with E-state index in [2.05, 4.69) is 15.4 Å². The topological polar surface area (TPSA) is 94.6 Å². The molecule has 7 heteroatoms. The van der Waals surface area contributed by atoms with Gasteiger partial charge in [0, 0.05) is 5.75 Å². The predicted molar refractivity (Wildman–Crippen MR) is 58.9 cm³/mol. The number of nitrogens with one attached hydrogen (secondary N) is 2. The number of carbonyl (C=O) groups excluding carboxylic acids is 2. The lowest BCUT2D eigenvalue weighted by Crippen LogP contribution is -2.46. The zero-order chi connectivity index (χ0) is 11.7. The monoisotopic (exact) mass is 230 g/mol. The maximum atomic E-state index is 11.3. The standard InChI is InChI=1S/C8H14N4O2S/c1-10-4-8(14)12-6(5-15-2)7(13)3-11-9/h3,6,10H,4-5H2,1-2H3,(H,12,14). The molecule has 0 saturated heterocycles. The molecule has 0 bridgehead atoms. The summed E-state index contributed by atoms with van der Waals surface area (Å²) < 4.78 is 0. The fourth-order valence-corrected chi connectivity index (χ4v) is 1.50. The highest BCUT2D eigenvalue weighted by Crippen LogP contribution is 1.97. The minimum absolute atomic E-state index is 0.147. The van der Waals surface area contributed by atoms with Crippen LogP contribution in [-0.2, 0) is 9.59 Å². The average Bonchev–Trinajstić information content (AvgIpc) is 2.18. The van der Waals surface area contributed by atoms with E-state index < -0.39 is 11.8 Å². The van der Waals surface area contributed by atoms with E-state index in [0.717, 1.165) is 6.21 Å². The Kier molecular flexibility index (Phi) is 7.53. The minimum Gasteiger partial charge on any atom is -0.361 e. The van der Waals surface area contributed by atoms with E-state index in [-0.39, 0.29) is 12.5 Å². The Morgan fingerprint density at radius 3 is 2.73 bits per heavy atom. The number of rotatable bonds is 7. The van der Waals surface area contributed by atoms with Crippen LogP contribution in [0.25, 0.3) is 5.53 Å². The zero-order valence-electron chi connectivity index (χ0n) is 8.69. The second-order valence-corrected chi connectivity index (χ2v) is 3.66. The summed E-state index contributed by atoms with van der Waals surface area (Å²) in [6.07, 6.45) is 2.61. The molecule has 0 radical (unpaired) electrons. The molecular weight excluding hydrogens is 216 g/mol. The van der Waals surface area contributed by atoms with Gasteiger partial charge in [0.05, 0.1) is 6.54 Å². The van der Waals surface area contributed by atoms with Crippen LogP contribution in [-0.4, -0.2) is 54.3 Å². The van der Waals surface area contributed by atoms with Crippen molar-refractivity contribution in [3.63, 3.8) is 0 Å². The molecule has 0 fully saturated rings. The maximum absolute atomic E-state index is 11.3. The Hall–Kier alpha value is -1.17. The van der Waals surface area contributed by atoms with Crippen molar-refractivity contribution in [1.29, 1.82) is 0 Å². The first-order chi connectivity index (χ1) is 7.15. The molecule has 0 aliphatic rings. The summed E-state index contributed by atoms with van der Waals surface area (Å²) in [4.78, 5) is 25.2. The van der Waals surface area contributed by atoms with Crippen LogP contribution in [0.15, 0.2) is 0 Å². The van der Waals surface area contributed by atoms with E-state index in [0.29, 0.717) is 5.75 Å². The lowest BCUT2D eigenvalue weighted by molar-refractivity contribution is -0.125. The molecule has 0 spiro atoms. The molecule has 1 unspecified atom stereocenters. The Balaban J connectivity index is 4.32. The number of likely N-dealkylation sites (N-methyl/N-ethyl adjacent to an activating group) is 1. The summed E-state index contributed by atoms with van der Waals surface area (Å²) >= 11 is 1.42. The molecule has 1 atom stereocenters. The van der Waals surface area contributed by atoms with Crippen LogP contribution in [0.4, 0.5) is 0 Å². The molecule has 6 nitrogen and oxygen atoms in total. The summed E-state index contributed by atoms with van der Waals surface area (Å²) in [6.45, 7) is 0.147. The fourth-order valence-electron chi connectivity index (χ4n) is 0.914. The largest absolute Gasteiger partial charge is 0.361 e. The number of amides is 1. The van der Waals surface area contributed by atoms with Gasteiger partial charge in [-0.2, -0.15) is 16.6 Å². The highest BCUT2D eigenvalue weighted by Gasteiger charge is 2.20.